The molecule has 0 bridgehead atoms. The zero-order valence-electron chi connectivity index (χ0n) is 14.1. The van der Waals surface area contributed by atoms with Gasteiger partial charge in [0, 0.05) is 20.2 Å². The van der Waals surface area contributed by atoms with E-state index in [9.17, 15) is 0 Å². The molecule has 0 radical (unpaired) electrons. The maximum Gasteiger partial charge on any atom is 0.143 e. The number of nitrogens with zero attached hydrogens (tertiary/aromatic N) is 2. The number of halogens is 1. The lowest BCUT2D eigenvalue weighted by atomic mass is 10.1. The van der Waals surface area contributed by atoms with Crippen LogP contribution in [0.3, 0.4) is 0 Å². The quantitative estimate of drug-likeness (QED) is 0.356. The Morgan fingerprint density at radius 3 is 2.54 bits per heavy atom. The summed E-state index contributed by atoms with van der Waals surface area (Å²) in [6.45, 7) is 2.65. The molecule has 4 rings (SSSR count). The molecule has 0 spiro atoms. The Labute approximate surface area is 169 Å². The van der Waals surface area contributed by atoms with Gasteiger partial charge in [-0.3, -0.25) is 0 Å². The van der Waals surface area contributed by atoms with Crippen molar-refractivity contribution >= 4 is 55.6 Å². The van der Waals surface area contributed by atoms with E-state index in [0.717, 1.165) is 38.6 Å². The fourth-order valence-electron chi connectivity index (χ4n) is 2.75. The molecule has 0 fully saturated rings. The summed E-state index contributed by atoms with van der Waals surface area (Å²) in [7, 11) is 0. The van der Waals surface area contributed by atoms with E-state index in [-0.39, 0.29) is 0 Å². The highest BCUT2D eigenvalue weighted by atomic mass is 127. The third-order valence-electron chi connectivity index (χ3n) is 3.95. The molecule has 0 aliphatic heterocycles. The molecule has 2 heterocycles. The molecule has 2 aromatic carbocycles. The van der Waals surface area contributed by atoms with Crippen LogP contribution in [0, 0.1) is 3.57 Å². The summed E-state index contributed by atoms with van der Waals surface area (Å²) >= 11 is 3.93. The number of hydrogen-bond acceptors (Lipinski definition) is 5. The number of benzene rings is 2. The minimum Gasteiger partial charge on any atom is -0.494 e. The molecule has 4 nitrogen and oxygen atoms in total. The van der Waals surface area contributed by atoms with Crippen molar-refractivity contribution in [2.75, 3.05) is 11.9 Å². The van der Waals surface area contributed by atoms with Crippen LogP contribution in [-0.2, 0) is 0 Å². The summed E-state index contributed by atoms with van der Waals surface area (Å²) in [4.78, 5) is 9.89. The highest BCUT2D eigenvalue weighted by molar-refractivity contribution is 14.1. The predicted octanol–water partition coefficient (Wildman–Crippen LogP) is 6.11. The molecule has 2 aromatic heterocycles. The number of hydrogen-bond donors (Lipinski definition) is 1. The van der Waals surface area contributed by atoms with E-state index < -0.39 is 0 Å². The Morgan fingerprint density at radius 1 is 1.04 bits per heavy atom. The van der Waals surface area contributed by atoms with Gasteiger partial charge in [-0.15, -0.1) is 11.3 Å². The van der Waals surface area contributed by atoms with Crippen LogP contribution in [0.5, 0.6) is 5.75 Å². The van der Waals surface area contributed by atoms with Crippen molar-refractivity contribution in [2.24, 2.45) is 0 Å². The van der Waals surface area contributed by atoms with Crippen LogP contribution in [0.15, 0.2) is 60.2 Å². The minimum atomic E-state index is 0.665. The fourth-order valence-corrected chi connectivity index (χ4v) is 4.03. The van der Waals surface area contributed by atoms with E-state index in [1.54, 1.807) is 17.7 Å². The lowest BCUT2D eigenvalue weighted by Crippen LogP contribution is -1.95. The van der Waals surface area contributed by atoms with Crippen molar-refractivity contribution in [2.45, 2.75) is 6.92 Å². The zero-order chi connectivity index (χ0) is 17.9. The molecule has 1 N–H and O–H groups in total. The van der Waals surface area contributed by atoms with E-state index in [2.05, 4.69) is 79.7 Å². The Hall–Kier alpha value is -2.19. The van der Waals surface area contributed by atoms with Gasteiger partial charge in [-0.25, -0.2) is 9.97 Å². The molecule has 0 saturated heterocycles. The van der Waals surface area contributed by atoms with E-state index >= 15 is 0 Å². The molecule has 0 atom stereocenters. The van der Waals surface area contributed by atoms with Crippen LogP contribution < -0.4 is 10.1 Å². The molecule has 0 unspecified atom stereocenters. The summed E-state index contributed by atoms with van der Waals surface area (Å²) in [5, 5.41) is 6.60. The zero-order valence-corrected chi connectivity index (χ0v) is 17.0. The minimum absolute atomic E-state index is 0.665. The monoisotopic (exact) mass is 473 g/mol. The number of nitrogens with one attached hydrogen (secondary N) is 1. The largest absolute Gasteiger partial charge is 0.494 e. The summed E-state index contributed by atoms with van der Waals surface area (Å²) < 4.78 is 6.74. The van der Waals surface area contributed by atoms with E-state index in [1.807, 2.05) is 19.1 Å². The third-order valence-corrected chi connectivity index (χ3v) is 5.56. The number of rotatable bonds is 5. The first-order valence-electron chi connectivity index (χ1n) is 8.22. The molecule has 0 aliphatic carbocycles. The van der Waals surface area contributed by atoms with Crippen LogP contribution in [-0.4, -0.2) is 16.6 Å². The average Bonchev–Trinajstić information content (AvgIpc) is 3.10. The van der Waals surface area contributed by atoms with Gasteiger partial charge in [0.1, 0.15) is 22.7 Å². The van der Waals surface area contributed by atoms with Gasteiger partial charge in [-0.2, -0.15) is 0 Å². The first-order chi connectivity index (χ1) is 12.7. The van der Waals surface area contributed by atoms with Gasteiger partial charge < -0.3 is 10.1 Å². The molecule has 0 aliphatic rings. The number of thiophene rings is 1. The fraction of sp³-hybridized carbons (Fsp3) is 0.100. The second kappa shape index (κ2) is 7.59. The number of fused-ring (bicyclic) bond motifs is 1. The van der Waals surface area contributed by atoms with Crippen LogP contribution in [0.2, 0.25) is 0 Å². The van der Waals surface area contributed by atoms with Gasteiger partial charge in [-0.05, 0) is 71.5 Å². The molecule has 6 heteroatoms. The summed E-state index contributed by atoms with van der Waals surface area (Å²) in [5.41, 5.74) is 3.26. The van der Waals surface area contributed by atoms with Crippen molar-refractivity contribution < 1.29 is 4.74 Å². The number of aromatic nitrogens is 2. The van der Waals surface area contributed by atoms with Gasteiger partial charge in [0.2, 0.25) is 0 Å². The van der Waals surface area contributed by atoms with Gasteiger partial charge in [0.15, 0.2) is 0 Å². The molecule has 26 heavy (non-hydrogen) atoms. The molecule has 130 valence electrons. The van der Waals surface area contributed by atoms with Gasteiger partial charge >= 0.3 is 0 Å². The normalized spacial score (nSPS) is 10.8. The summed E-state index contributed by atoms with van der Waals surface area (Å²) in [6, 6.07) is 16.4. The van der Waals surface area contributed by atoms with Crippen LogP contribution in [0.1, 0.15) is 6.92 Å². The van der Waals surface area contributed by atoms with Crippen molar-refractivity contribution in [3.05, 3.63) is 63.8 Å². The number of ether oxygens (including phenoxy) is 1. The smallest absolute Gasteiger partial charge is 0.143 e. The third kappa shape index (κ3) is 3.52. The Bertz CT molecular complexity index is 1030. The maximum atomic E-state index is 5.54. The highest BCUT2D eigenvalue weighted by Crippen LogP contribution is 2.37. The van der Waals surface area contributed by atoms with Crippen molar-refractivity contribution in [3.63, 3.8) is 0 Å². The summed E-state index contributed by atoms with van der Waals surface area (Å²) in [6.07, 6.45) is 1.61. The lowest BCUT2D eigenvalue weighted by Gasteiger charge is -2.09. The van der Waals surface area contributed by atoms with E-state index in [0.29, 0.717) is 6.61 Å². The van der Waals surface area contributed by atoms with Gasteiger partial charge in [0.05, 0.1) is 12.0 Å². The topological polar surface area (TPSA) is 47.0 Å². The van der Waals surface area contributed by atoms with Crippen LogP contribution in [0.25, 0.3) is 21.3 Å². The second-order valence-corrected chi connectivity index (χ2v) is 7.74. The molecule has 4 aromatic rings. The first-order valence-corrected chi connectivity index (χ1v) is 10.2. The van der Waals surface area contributed by atoms with Crippen molar-refractivity contribution in [1.82, 2.24) is 9.97 Å². The molecule has 0 amide bonds. The van der Waals surface area contributed by atoms with Gasteiger partial charge in [-0.1, -0.05) is 12.1 Å². The van der Waals surface area contributed by atoms with E-state index in [4.69, 9.17) is 4.74 Å². The molecular formula is C20H16IN3OS. The number of anilines is 2. The Balaban J connectivity index is 1.75. The highest BCUT2D eigenvalue weighted by Gasteiger charge is 2.13. The van der Waals surface area contributed by atoms with Crippen molar-refractivity contribution in [3.8, 4) is 16.9 Å². The van der Waals surface area contributed by atoms with Crippen LogP contribution in [0.4, 0.5) is 11.5 Å². The van der Waals surface area contributed by atoms with Gasteiger partial charge in [0.25, 0.3) is 0 Å². The van der Waals surface area contributed by atoms with E-state index in [1.165, 1.54) is 3.57 Å². The van der Waals surface area contributed by atoms with Crippen LogP contribution >= 0.6 is 33.9 Å². The second-order valence-electron chi connectivity index (χ2n) is 5.64. The predicted molar refractivity (Wildman–Crippen MR) is 116 cm³/mol. The SMILES string of the molecule is CCOc1ccc(-c2csc3ncnc(Nc4ccc(I)cc4)c23)cc1. The Morgan fingerprint density at radius 2 is 1.81 bits per heavy atom. The molecule has 0 saturated carbocycles. The standard InChI is InChI=1S/C20H16IN3OS/c1-2-25-16-9-3-13(4-10-16)17-11-26-20-18(17)19(22-12-23-20)24-15-7-5-14(21)6-8-15/h3-12H,2H2,1H3,(H,22,23,24). The summed E-state index contributed by atoms with van der Waals surface area (Å²) in [5.74, 6) is 1.70. The molecular weight excluding hydrogens is 457 g/mol. The first kappa shape index (κ1) is 17.2. The maximum absolute atomic E-state index is 5.54. The Kier molecular flexibility index (Phi) is 5.03. The average molecular weight is 473 g/mol. The lowest BCUT2D eigenvalue weighted by molar-refractivity contribution is 0.340. The van der Waals surface area contributed by atoms with Crippen molar-refractivity contribution in [1.29, 1.82) is 0 Å².